The van der Waals surface area contributed by atoms with Gasteiger partial charge < -0.3 is 5.32 Å². The summed E-state index contributed by atoms with van der Waals surface area (Å²) in [4.78, 5) is 20.1. The molecule has 23 heavy (non-hydrogen) atoms. The topological polar surface area (TPSA) is 54.9 Å². The minimum Gasteiger partial charge on any atom is -0.344 e. The summed E-state index contributed by atoms with van der Waals surface area (Å²) in [5, 5.41) is 2.77. The van der Waals surface area contributed by atoms with E-state index in [9.17, 15) is 18.0 Å². The van der Waals surface area contributed by atoms with E-state index in [-0.39, 0.29) is 17.1 Å². The molecule has 0 spiro atoms. The van der Waals surface area contributed by atoms with E-state index in [0.717, 1.165) is 23.5 Å². The van der Waals surface area contributed by atoms with Gasteiger partial charge >= 0.3 is 6.18 Å². The maximum absolute atomic E-state index is 12.7. The fourth-order valence-electron chi connectivity index (χ4n) is 1.95. The highest BCUT2D eigenvalue weighted by atomic mass is 32.1. The molecular weight excluding hydrogens is 327 g/mol. The normalized spacial score (nSPS) is 11.6. The van der Waals surface area contributed by atoms with E-state index in [2.05, 4.69) is 15.3 Å². The van der Waals surface area contributed by atoms with Crippen molar-refractivity contribution in [1.29, 1.82) is 0 Å². The Morgan fingerprint density at radius 2 is 2.04 bits per heavy atom. The zero-order valence-corrected chi connectivity index (χ0v) is 12.4. The molecule has 1 aromatic carbocycles. The van der Waals surface area contributed by atoms with Crippen LogP contribution in [0.5, 0.6) is 0 Å². The van der Waals surface area contributed by atoms with E-state index in [4.69, 9.17) is 0 Å². The summed E-state index contributed by atoms with van der Waals surface area (Å²) in [5.74, 6) is -0.439. The van der Waals surface area contributed by atoms with Crippen molar-refractivity contribution in [2.45, 2.75) is 12.7 Å². The molecule has 0 saturated carbocycles. The lowest BCUT2D eigenvalue weighted by Gasteiger charge is -2.04. The van der Waals surface area contributed by atoms with Gasteiger partial charge in [-0.25, -0.2) is 4.98 Å². The quantitative estimate of drug-likeness (QED) is 0.794. The number of fused-ring (bicyclic) bond motifs is 1. The lowest BCUT2D eigenvalue weighted by molar-refractivity contribution is -0.137. The second-order valence-electron chi connectivity index (χ2n) is 4.70. The number of hydrogen-bond donors (Lipinski definition) is 1. The number of nitrogens with zero attached hydrogens (tertiary/aromatic N) is 2. The van der Waals surface area contributed by atoms with E-state index >= 15 is 0 Å². The van der Waals surface area contributed by atoms with Crippen molar-refractivity contribution < 1.29 is 18.0 Å². The van der Waals surface area contributed by atoms with Gasteiger partial charge in [0.1, 0.15) is 0 Å². The van der Waals surface area contributed by atoms with Crippen LogP contribution in [0.3, 0.4) is 0 Å². The summed E-state index contributed by atoms with van der Waals surface area (Å²) in [7, 11) is 0. The summed E-state index contributed by atoms with van der Waals surface area (Å²) in [6, 6.07) is 8.57. The highest BCUT2D eigenvalue weighted by Gasteiger charge is 2.31. The van der Waals surface area contributed by atoms with Crippen LogP contribution in [0.25, 0.3) is 10.2 Å². The largest absolute Gasteiger partial charge is 0.416 e. The molecular formula is C15H10F3N3OS. The number of halogens is 3. The Hall–Kier alpha value is -2.48. The molecule has 8 heteroatoms. The number of alkyl halides is 3. The first-order chi connectivity index (χ1) is 10.9. The maximum Gasteiger partial charge on any atom is 0.416 e. The second kappa shape index (κ2) is 5.96. The molecule has 118 valence electrons. The zero-order chi connectivity index (χ0) is 16.4. The van der Waals surface area contributed by atoms with Crippen LogP contribution < -0.4 is 5.32 Å². The minimum absolute atomic E-state index is 0.121. The third kappa shape index (κ3) is 3.48. The first-order valence-corrected chi connectivity index (χ1v) is 7.41. The highest BCUT2D eigenvalue weighted by molar-refractivity contribution is 7.20. The SMILES string of the molecule is O=C(NCc1ccccn1)c1nc2cc(C(F)(F)F)ccc2s1. The lowest BCUT2D eigenvalue weighted by Crippen LogP contribution is -2.23. The van der Waals surface area contributed by atoms with Crippen molar-refractivity contribution in [3.8, 4) is 0 Å². The predicted molar refractivity (Wildman–Crippen MR) is 80.0 cm³/mol. The van der Waals surface area contributed by atoms with Crippen molar-refractivity contribution in [3.63, 3.8) is 0 Å². The van der Waals surface area contributed by atoms with Gasteiger partial charge in [-0.05, 0) is 30.3 Å². The van der Waals surface area contributed by atoms with Crippen molar-refractivity contribution >= 4 is 27.5 Å². The molecule has 4 nitrogen and oxygen atoms in total. The average molecular weight is 337 g/mol. The standard InChI is InChI=1S/C15H10F3N3OS/c16-15(17,18)9-4-5-12-11(7-9)21-14(23-12)13(22)20-8-10-3-1-2-6-19-10/h1-7H,8H2,(H,20,22). The van der Waals surface area contributed by atoms with Crippen LogP contribution in [0.15, 0.2) is 42.6 Å². The third-order valence-electron chi connectivity index (χ3n) is 3.07. The van der Waals surface area contributed by atoms with Gasteiger partial charge in [0.15, 0.2) is 5.01 Å². The Kier molecular flexibility index (Phi) is 3.99. The molecule has 1 amide bonds. The molecule has 1 N–H and O–H groups in total. The smallest absolute Gasteiger partial charge is 0.344 e. The van der Waals surface area contributed by atoms with Gasteiger partial charge in [0.05, 0.1) is 28.0 Å². The van der Waals surface area contributed by atoms with Gasteiger partial charge in [-0.3, -0.25) is 9.78 Å². The number of nitrogens with one attached hydrogen (secondary N) is 1. The van der Waals surface area contributed by atoms with Crippen LogP contribution >= 0.6 is 11.3 Å². The Morgan fingerprint density at radius 1 is 1.22 bits per heavy atom. The summed E-state index contributed by atoms with van der Waals surface area (Å²) in [5.41, 5.74) is 0.0601. The van der Waals surface area contributed by atoms with Gasteiger partial charge in [0.2, 0.25) is 0 Å². The predicted octanol–water partition coefficient (Wildman–Crippen LogP) is 3.64. The Bertz CT molecular complexity index is 846. The molecule has 0 atom stereocenters. The number of hydrogen-bond acceptors (Lipinski definition) is 4. The summed E-state index contributed by atoms with van der Waals surface area (Å²) in [6.07, 6.45) is -2.82. The summed E-state index contributed by atoms with van der Waals surface area (Å²) >= 11 is 1.05. The van der Waals surface area contributed by atoms with Crippen LogP contribution in [0.2, 0.25) is 0 Å². The second-order valence-corrected chi connectivity index (χ2v) is 5.73. The van der Waals surface area contributed by atoms with Gasteiger partial charge in [0, 0.05) is 6.20 Å². The Labute approximate surface area is 133 Å². The van der Waals surface area contributed by atoms with Crippen LogP contribution in [0.1, 0.15) is 21.1 Å². The summed E-state index contributed by atoms with van der Waals surface area (Å²) < 4.78 is 38.6. The van der Waals surface area contributed by atoms with Crippen LogP contribution in [0.4, 0.5) is 13.2 Å². The highest BCUT2D eigenvalue weighted by Crippen LogP contribution is 2.32. The van der Waals surface area contributed by atoms with Crippen LogP contribution in [-0.2, 0) is 12.7 Å². The third-order valence-corrected chi connectivity index (χ3v) is 4.10. The van der Waals surface area contributed by atoms with Crippen molar-refractivity contribution in [3.05, 3.63) is 58.9 Å². The van der Waals surface area contributed by atoms with E-state index in [1.54, 1.807) is 24.4 Å². The minimum atomic E-state index is -4.43. The molecule has 0 unspecified atom stereocenters. The number of pyridine rings is 1. The molecule has 2 heterocycles. The lowest BCUT2D eigenvalue weighted by atomic mass is 10.2. The number of rotatable bonds is 3. The van der Waals surface area contributed by atoms with Gasteiger partial charge in [-0.15, -0.1) is 11.3 Å². The van der Waals surface area contributed by atoms with Crippen molar-refractivity contribution in [1.82, 2.24) is 15.3 Å². The van der Waals surface area contributed by atoms with Gasteiger partial charge in [-0.1, -0.05) is 6.07 Å². The molecule has 0 aliphatic rings. The molecule has 0 fully saturated rings. The Morgan fingerprint density at radius 3 is 2.74 bits per heavy atom. The maximum atomic E-state index is 12.7. The summed E-state index contributed by atoms with van der Waals surface area (Å²) in [6.45, 7) is 0.226. The van der Waals surface area contributed by atoms with E-state index < -0.39 is 17.6 Å². The Balaban J connectivity index is 1.78. The molecule has 2 aromatic heterocycles. The number of benzene rings is 1. The number of aromatic nitrogens is 2. The molecule has 0 radical (unpaired) electrons. The number of amides is 1. The number of carbonyl (C=O) groups excluding carboxylic acids is 1. The fourth-order valence-corrected chi connectivity index (χ4v) is 2.81. The first kappa shape index (κ1) is 15.4. The molecule has 3 rings (SSSR count). The van der Waals surface area contributed by atoms with E-state index in [1.807, 2.05) is 0 Å². The van der Waals surface area contributed by atoms with E-state index in [0.29, 0.717) is 10.4 Å². The van der Waals surface area contributed by atoms with Crippen molar-refractivity contribution in [2.24, 2.45) is 0 Å². The molecule has 0 bridgehead atoms. The van der Waals surface area contributed by atoms with Gasteiger partial charge in [-0.2, -0.15) is 13.2 Å². The first-order valence-electron chi connectivity index (χ1n) is 6.59. The zero-order valence-electron chi connectivity index (χ0n) is 11.6. The van der Waals surface area contributed by atoms with Crippen LogP contribution in [-0.4, -0.2) is 15.9 Å². The van der Waals surface area contributed by atoms with Crippen molar-refractivity contribution in [2.75, 3.05) is 0 Å². The molecule has 0 saturated heterocycles. The molecule has 0 aliphatic carbocycles. The van der Waals surface area contributed by atoms with E-state index in [1.165, 1.54) is 6.07 Å². The number of thiazole rings is 1. The average Bonchev–Trinajstić information content (AvgIpc) is 2.96. The monoisotopic (exact) mass is 337 g/mol. The fraction of sp³-hybridized carbons (Fsp3) is 0.133. The molecule has 0 aliphatic heterocycles. The number of carbonyl (C=O) groups is 1. The van der Waals surface area contributed by atoms with Gasteiger partial charge in [0.25, 0.3) is 5.91 Å². The molecule has 3 aromatic rings. The van der Waals surface area contributed by atoms with Crippen LogP contribution in [0, 0.1) is 0 Å².